The number of rotatable bonds is 2. The van der Waals surface area contributed by atoms with Crippen LogP contribution >= 0.6 is 0 Å². The van der Waals surface area contributed by atoms with E-state index in [1.54, 1.807) is 12.1 Å². The van der Waals surface area contributed by atoms with Crippen LogP contribution in [0.5, 0.6) is 0 Å². The summed E-state index contributed by atoms with van der Waals surface area (Å²) >= 11 is 0. The van der Waals surface area contributed by atoms with Gasteiger partial charge in [-0.3, -0.25) is 4.90 Å². The number of halogens is 1. The maximum atomic E-state index is 13.2. The first-order valence-corrected chi connectivity index (χ1v) is 5.71. The summed E-state index contributed by atoms with van der Waals surface area (Å²) in [6.07, 6.45) is 0.119. The van der Waals surface area contributed by atoms with E-state index in [1.807, 2.05) is 11.8 Å². The summed E-state index contributed by atoms with van der Waals surface area (Å²) in [5.41, 5.74) is 0.710. The van der Waals surface area contributed by atoms with Crippen molar-refractivity contribution in [3.05, 3.63) is 35.6 Å². The van der Waals surface area contributed by atoms with Gasteiger partial charge in [-0.05, 0) is 24.6 Å². The zero-order chi connectivity index (χ0) is 12.3. The molecule has 1 fully saturated rings. The third-order valence-electron chi connectivity index (χ3n) is 2.92. The van der Waals surface area contributed by atoms with Gasteiger partial charge >= 0.3 is 0 Å². The third kappa shape index (κ3) is 2.82. The molecule has 0 unspecified atom stereocenters. The number of morpholine rings is 1. The monoisotopic (exact) mass is 234 g/mol. The van der Waals surface area contributed by atoms with Gasteiger partial charge in [0.15, 0.2) is 0 Å². The van der Waals surface area contributed by atoms with Gasteiger partial charge in [-0.15, -0.1) is 0 Å². The van der Waals surface area contributed by atoms with Crippen LogP contribution in [0.2, 0.25) is 0 Å². The first kappa shape index (κ1) is 12.0. The lowest BCUT2D eigenvalue weighted by Crippen LogP contribution is -2.42. The summed E-state index contributed by atoms with van der Waals surface area (Å²) in [5, 5.41) is 9.25. The van der Waals surface area contributed by atoms with Crippen molar-refractivity contribution in [1.29, 1.82) is 5.26 Å². The van der Waals surface area contributed by atoms with Gasteiger partial charge in [0, 0.05) is 13.1 Å². The van der Waals surface area contributed by atoms with Crippen molar-refractivity contribution in [1.82, 2.24) is 4.90 Å². The van der Waals surface area contributed by atoms with E-state index in [0.717, 1.165) is 0 Å². The zero-order valence-corrected chi connectivity index (χ0v) is 9.77. The molecule has 2 rings (SSSR count). The highest BCUT2D eigenvalue weighted by molar-refractivity contribution is 5.25. The van der Waals surface area contributed by atoms with Crippen LogP contribution in [0.3, 0.4) is 0 Å². The molecule has 1 aliphatic heterocycles. The van der Waals surface area contributed by atoms with Gasteiger partial charge in [-0.25, -0.2) is 4.39 Å². The Balaban J connectivity index is 2.19. The molecule has 1 aromatic rings. The van der Waals surface area contributed by atoms with Crippen LogP contribution in [0.4, 0.5) is 4.39 Å². The highest BCUT2D eigenvalue weighted by Gasteiger charge is 2.25. The summed E-state index contributed by atoms with van der Waals surface area (Å²) in [5.74, 6) is -0.302. The van der Waals surface area contributed by atoms with E-state index in [9.17, 15) is 9.65 Å². The molecule has 0 spiro atoms. The second kappa shape index (κ2) is 5.26. The molecular formula is C13H15FN2O. The van der Waals surface area contributed by atoms with Gasteiger partial charge in [0.2, 0.25) is 0 Å². The van der Waals surface area contributed by atoms with E-state index in [1.165, 1.54) is 12.1 Å². The quantitative estimate of drug-likeness (QED) is 0.786. The van der Waals surface area contributed by atoms with Crippen LogP contribution in [0.25, 0.3) is 0 Å². The molecule has 0 amide bonds. The fourth-order valence-corrected chi connectivity index (χ4v) is 2.12. The Morgan fingerprint density at radius 1 is 1.59 bits per heavy atom. The predicted molar refractivity (Wildman–Crippen MR) is 61.7 cm³/mol. The number of nitriles is 1. The summed E-state index contributed by atoms with van der Waals surface area (Å²) in [4.78, 5) is 2.03. The van der Waals surface area contributed by atoms with Gasteiger partial charge in [0.25, 0.3) is 0 Å². The summed E-state index contributed by atoms with van der Waals surface area (Å²) in [6, 6.07) is 8.09. The molecule has 1 aliphatic rings. The highest BCUT2D eigenvalue weighted by atomic mass is 19.1. The Kier molecular flexibility index (Phi) is 3.72. The third-order valence-corrected chi connectivity index (χ3v) is 2.92. The standard InChI is InChI=1S/C13H15FN2O/c1-10-9-16(5-6-17-10)13(8-15)11-3-2-4-12(14)7-11/h2-4,7,10,13H,5-6,9H2,1H3/t10-,13+/m0/s1. The molecule has 0 aliphatic carbocycles. The normalized spacial score (nSPS) is 23.0. The van der Waals surface area contributed by atoms with Crippen LogP contribution < -0.4 is 0 Å². The summed E-state index contributed by atoms with van der Waals surface area (Å²) in [6.45, 7) is 4.01. The molecule has 3 nitrogen and oxygen atoms in total. The number of benzene rings is 1. The molecule has 1 heterocycles. The Morgan fingerprint density at radius 3 is 3.06 bits per heavy atom. The average Bonchev–Trinajstić information content (AvgIpc) is 2.30. The van der Waals surface area contributed by atoms with Gasteiger partial charge in [0.05, 0.1) is 18.8 Å². The van der Waals surface area contributed by atoms with Crippen molar-refractivity contribution in [3.63, 3.8) is 0 Å². The number of ether oxygens (including phenoxy) is 1. The topological polar surface area (TPSA) is 36.3 Å². The van der Waals surface area contributed by atoms with Crippen molar-refractivity contribution in [2.75, 3.05) is 19.7 Å². The van der Waals surface area contributed by atoms with Gasteiger partial charge in [0.1, 0.15) is 11.9 Å². The molecule has 1 aromatic carbocycles. The van der Waals surface area contributed by atoms with Crippen LogP contribution in [-0.4, -0.2) is 30.7 Å². The zero-order valence-electron chi connectivity index (χ0n) is 9.77. The number of hydrogen-bond acceptors (Lipinski definition) is 3. The minimum atomic E-state index is -0.392. The lowest BCUT2D eigenvalue weighted by molar-refractivity contribution is -0.0269. The van der Waals surface area contributed by atoms with Gasteiger partial charge < -0.3 is 4.74 Å². The molecule has 4 heteroatoms. The van der Waals surface area contributed by atoms with Crippen molar-refractivity contribution in [2.45, 2.75) is 19.1 Å². The Bertz CT molecular complexity index is 430. The first-order valence-electron chi connectivity index (χ1n) is 5.71. The van der Waals surface area contributed by atoms with Gasteiger partial charge in [-0.1, -0.05) is 12.1 Å². The van der Waals surface area contributed by atoms with Crippen LogP contribution in [0.15, 0.2) is 24.3 Å². The largest absolute Gasteiger partial charge is 0.376 e. The molecule has 0 radical (unpaired) electrons. The first-order chi connectivity index (χ1) is 8.20. The minimum Gasteiger partial charge on any atom is -0.376 e. The van der Waals surface area contributed by atoms with Crippen LogP contribution in [0.1, 0.15) is 18.5 Å². The summed E-state index contributed by atoms with van der Waals surface area (Å²) in [7, 11) is 0. The molecule has 1 saturated heterocycles. The smallest absolute Gasteiger partial charge is 0.124 e. The molecular weight excluding hydrogens is 219 g/mol. The second-order valence-electron chi connectivity index (χ2n) is 4.26. The number of hydrogen-bond donors (Lipinski definition) is 0. The van der Waals surface area contributed by atoms with Crippen LogP contribution in [-0.2, 0) is 4.74 Å². The molecule has 2 atom stereocenters. The maximum Gasteiger partial charge on any atom is 0.124 e. The maximum absolute atomic E-state index is 13.2. The SMILES string of the molecule is C[C@H]1CN([C@H](C#N)c2cccc(F)c2)CCO1. The van der Waals surface area contributed by atoms with Crippen LogP contribution in [0, 0.1) is 17.1 Å². The van der Waals surface area contributed by atoms with E-state index in [0.29, 0.717) is 25.3 Å². The molecule has 17 heavy (non-hydrogen) atoms. The Labute approximate surface area is 100 Å². The lowest BCUT2D eigenvalue weighted by atomic mass is 10.1. The van der Waals surface area contributed by atoms with Crippen molar-refractivity contribution < 1.29 is 9.13 Å². The van der Waals surface area contributed by atoms with E-state index in [-0.39, 0.29) is 11.9 Å². The lowest BCUT2D eigenvalue weighted by Gasteiger charge is -2.34. The molecule has 0 saturated carbocycles. The molecule has 90 valence electrons. The second-order valence-corrected chi connectivity index (χ2v) is 4.26. The number of nitrogens with zero attached hydrogens (tertiary/aromatic N) is 2. The fraction of sp³-hybridized carbons (Fsp3) is 0.462. The minimum absolute atomic E-state index is 0.119. The van der Waals surface area contributed by atoms with Crippen molar-refractivity contribution in [2.24, 2.45) is 0 Å². The molecule has 0 aromatic heterocycles. The van der Waals surface area contributed by atoms with E-state index < -0.39 is 6.04 Å². The van der Waals surface area contributed by atoms with E-state index in [4.69, 9.17) is 4.74 Å². The van der Waals surface area contributed by atoms with Gasteiger partial charge in [-0.2, -0.15) is 5.26 Å². The highest BCUT2D eigenvalue weighted by Crippen LogP contribution is 2.22. The Morgan fingerprint density at radius 2 is 2.41 bits per heavy atom. The Hall–Kier alpha value is -1.44. The predicted octanol–water partition coefficient (Wildman–Crippen LogP) is 2.11. The fourth-order valence-electron chi connectivity index (χ4n) is 2.12. The average molecular weight is 234 g/mol. The van der Waals surface area contributed by atoms with Crippen molar-refractivity contribution >= 4 is 0 Å². The summed E-state index contributed by atoms with van der Waals surface area (Å²) < 4.78 is 18.6. The molecule has 0 bridgehead atoms. The van der Waals surface area contributed by atoms with E-state index in [2.05, 4.69) is 6.07 Å². The molecule has 0 N–H and O–H groups in total. The van der Waals surface area contributed by atoms with E-state index >= 15 is 0 Å². The van der Waals surface area contributed by atoms with Crippen molar-refractivity contribution in [3.8, 4) is 6.07 Å².